The van der Waals surface area contributed by atoms with Crippen LogP contribution < -0.4 is 0 Å². The van der Waals surface area contributed by atoms with Crippen LogP contribution in [0.15, 0.2) is 12.1 Å². The van der Waals surface area contributed by atoms with Crippen molar-refractivity contribution < 1.29 is 0 Å². The van der Waals surface area contributed by atoms with Crippen molar-refractivity contribution >= 4 is 0 Å². The molecule has 0 aliphatic heterocycles. The van der Waals surface area contributed by atoms with Crippen LogP contribution in [0.5, 0.6) is 0 Å². The van der Waals surface area contributed by atoms with E-state index in [1.165, 1.54) is 12.8 Å². The maximum Gasteiger partial charge on any atom is 0.0992 e. The molecule has 0 bridgehead atoms. The SMILES string of the molecule is Cc1cc(C#N)cc(C2CC2)n1. The highest BCUT2D eigenvalue weighted by molar-refractivity contribution is 5.33. The van der Waals surface area contributed by atoms with Crippen molar-refractivity contribution in [2.24, 2.45) is 0 Å². The van der Waals surface area contributed by atoms with Gasteiger partial charge in [-0.15, -0.1) is 0 Å². The van der Waals surface area contributed by atoms with Crippen molar-refractivity contribution in [2.75, 3.05) is 0 Å². The maximum atomic E-state index is 8.71. The van der Waals surface area contributed by atoms with Crippen LogP contribution in [0.1, 0.15) is 35.7 Å². The lowest BCUT2D eigenvalue weighted by Crippen LogP contribution is -1.91. The highest BCUT2D eigenvalue weighted by atomic mass is 14.7. The second kappa shape index (κ2) is 2.60. The van der Waals surface area contributed by atoms with Crippen molar-refractivity contribution in [1.29, 1.82) is 5.26 Å². The van der Waals surface area contributed by atoms with Crippen molar-refractivity contribution in [3.05, 3.63) is 29.1 Å². The van der Waals surface area contributed by atoms with Crippen LogP contribution in [0.25, 0.3) is 0 Å². The maximum absolute atomic E-state index is 8.71. The number of aryl methyl sites for hydroxylation is 1. The van der Waals surface area contributed by atoms with Gasteiger partial charge in [-0.25, -0.2) is 0 Å². The topological polar surface area (TPSA) is 36.7 Å². The molecule has 1 aliphatic rings. The Morgan fingerprint density at radius 1 is 1.50 bits per heavy atom. The van der Waals surface area contributed by atoms with Gasteiger partial charge in [0.1, 0.15) is 0 Å². The smallest absolute Gasteiger partial charge is 0.0992 e. The van der Waals surface area contributed by atoms with Crippen LogP contribution >= 0.6 is 0 Å². The Bertz CT molecular complexity index is 345. The molecule has 60 valence electrons. The van der Waals surface area contributed by atoms with Gasteiger partial charge in [0.05, 0.1) is 11.6 Å². The number of nitriles is 1. The fourth-order valence-corrected chi connectivity index (χ4v) is 1.35. The molecule has 1 saturated carbocycles. The first-order valence-corrected chi connectivity index (χ1v) is 4.18. The van der Waals surface area contributed by atoms with E-state index < -0.39 is 0 Å². The van der Waals surface area contributed by atoms with E-state index in [4.69, 9.17) is 5.26 Å². The predicted octanol–water partition coefficient (Wildman–Crippen LogP) is 2.14. The molecule has 0 N–H and O–H groups in total. The van der Waals surface area contributed by atoms with E-state index in [0.29, 0.717) is 5.92 Å². The fraction of sp³-hybridized carbons (Fsp3) is 0.400. The molecule has 1 aromatic heterocycles. The highest BCUT2D eigenvalue weighted by Gasteiger charge is 2.25. The molecule has 0 aromatic carbocycles. The summed E-state index contributed by atoms with van der Waals surface area (Å²) in [7, 11) is 0. The Hall–Kier alpha value is -1.36. The molecule has 0 radical (unpaired) electrons. The lowest BCUT2D eigenvalue weighted by Gasteiger charge is -1.99. The van der Waals surface area contributed by atoms with E-state index in [-0.39, 0.29) is 0 Å². The van der Waals surface area contributed by atoms with Crippen molar-refractivity contribution in [3.63, 3.8) is 0 Å². The molecule has 2 heteroatoms. The quantitative estimate of drug-likeness (QED) is 0.627. The summed E-state index contributed by atoms with van der Waals surface area (Å²) in [6.07, 6.45) is 2.47. The Morgan fingerprint density at radius 2 is 2.25 bits per heavy atom. The van der Waals surface area contributed by atoms with Gasteiger partial charge in [-0.2, -0.15) is 5.26 Å². The minimum absolute atomic E-state index is 0.636. The normalized spacial score (nSPS) is 15.7. The Morgan fingerprint density at radius 3 is 2.83 bits per heavy atom. The molecule has 1 heterocycles. The molecule has 1 aliphatic carbocycles. The molecule has 1 aromatic rings. The molecule has 0 unspecified atom stereocenters. The summed E-state index contributed by atoms with van der Waals surface area (Å²) in [5.41, 5.74) is 2.80. The summed E-state index contributed by atoms with van der Waals surface area (Å²) >= 11 is 0. The number of rotatable bonds is 1. The number of aromatic nitrogens is 1. The van der Waals surface area contributed by atoms with E-state index >= 15 is 0 Å². The molecule has 1 fully saturated rings. The minimum atomic E-state index is 0.636. The number of pyridine rings is 1. The lowest BCUT2D eigenvalue weighted by atomic mass is 10.1. The zero-order chi connectivity index (χ0) is 8.55. The Kier molecular flexibility index (Phi) is 1.58. The van der Waals surface area contributed by atoms with Crippen molar-refractivity contribution in [1.82, 2.24) is 4.98 Å². The summed E-state index contributed by atoms with van der Waals surface area (Å²) in [4.78, 5) is 4.39. The highest BCUT2D eigenvalue weighted by Crippen LogP contribution is 2.39. The third kappa shape index (κ3) is 1.31. The van der Waals surface area contributed by atoms with Crippen molar-refractivity contribution in [2.45, 2.75) is 25.7 Å². The zero-order valence-electron chi connectivity index (χ0n) is 7.04. The van der Waals surface area contributed by atoms with Gasteiger partial charge in [0, 0.05) is 17.3 Å². The third-order valence-electron chi connectivity index (χ3n) is 2.10. The van der Waals surface area contributed by atoms with E-state index in [1.807, 2.05) is 19.1 Å². The minimum Gasteiger partial charge on any atom is -0.258 e. The first kappa shape index (κ1) is 7.30. The zero-order valence-corrected chi connectivity index (χ0v) is 7.04. The van der Waals surface area contributed by atoms with Gasteiger partial charge in [-0.05, 0) is 31.9 Å². The number of hydrogen-bond acceptors (Lipinski definition) is 2. The van der Waals surface area contributed by atoms with Gasteiger partial charge in [-0.1, -0.05) is 0 Å². The first-order chi connectivity index (χ1) is 5.79. The number of hydrogen-bond donors (Lipinski definition) is 0. The lowest BCUT2D eigenvalue weighted by molar-refractivity contribution is 0.991. The van der Waals surface area contributed by atoms with Crippen LogP contribution in [0, 0.1) is 18.3 Å². The predicted molar refractivity (Wildman–Crippen MR) is 45.7 cm³/mol. The van der Waals surface area contributed by atoms with Gasteiger partial charge >= 0.3 is 0 Å². The summed E-state index contributed by atoms with van der Waals surface area (Å²) < 4.78 is 0. The van der Waals surface area contributed by atoms with E-state index in [1.54, 1.807) is 0 Å². The third-order valence-corrected chi connectivity index (χ3v) is 2.10. The summed E-state index contributed by atoms with van der Waals surface area (Å²) in [6.45, 7) is 1.94. The molecule has 2 rings (SSSR count). The van der Waals surface area contributed by atoms with Crippen LogP contribution in [-0.2, 0) is 0 Å². The fourth-order valence-electron chi connectivity index (χ4n) is 1.35. The van der Waals surface area contributed by atoms with Crippen LogP contribution in [-0.4, -0.2) is 4.98 Å². The average molecular weight is 158 g/mol. The van der Waals surface area contributed by atoms with Crippen molar-refractivity contribution in [3.8, 4) is 6.07 Å². The van der Waals surface area contributed by atoms with Gasteiger partial charge in [0.25, 0.3) is 0 Å². The largest absolute Gasteiger partial charge is 0.258 e. The molecular weight excluding hydrogens is 148 g/mol. The molecule has 12 heavy (non-hydrogen) atoms. The van der Waals surface area contributed by atoms with Gasteiger partial charge in [-0.3, -0.25) is 4.98 Å². The molecule has 2 nitrogen and oxygen atoms in total. The van der Waals surface area contributed by atoms with Gasteiger partial charge < -0.3 is 0 Å². The van der Waals surface area contributed by atoms with Crippen LogP contribution in [0.4, 0.5) is 0 Å². The summed E-state index contributed by atoms with van der Waals surface area (Å²) in [5, 5.41) is 8.71. The molecular formula is C10H10N2. The van der Waals surface area contributed by atoms with E-state index in [0.717, 1.165) is 17.0 Å². The Balaban J connectivity index is 2.43. The molecule has 0 saturated heterocycles. The standard InChI is InChI=1S/C10H10N2/c1-7-4-8(6-11)5-10(12-7)9-2-3-9/h4-5,9H,2-3H2,1H3. The van der Waals surface area contributed by atoms with Gasteiger partial charge in [0.2, 0.25) is 0 Å². The second-order valence-corrected chi connectivity index (χ2v) is 3.31. The van der Waals surface area contributed by atoms with E-state index in [2.05, 4.69) is 11.1 Å². The molecule has 0 amide bonds. The van der Waals surface area contributed by atoms with E-state index in [9.17, 15) is 0 Å². The van der Waals surface area contributed by atoms with Crippen LogP contribution in [0.3, 0.4) is 0 Å². The Labute approximate surface area is 71.9 Å². The van der Waals surface area contributed by atoms with Gasteiger partial charge in [0.15, 0.2) is 0 Å². The van der Waals surface area contributed by atoms with Crippen LogP contribution in [0.2, 0.25) is 0 Å². The number of nitrogens with zero attached hydrogens (tertiary/aromatic N) is 2. The monoisotopic (exact) mass is 158 g/mol. The first-order valence-electron chi connectivity index (χ1n) is 4.18. The molecule has 0 atom stereocenters. The summed E-state index contributed by atoms with van der Waals surface area (Å²) in [5.74, 6) is 0.636. The summed E-state index contributed by atoms with van der Waals surface area (Å²) in [6, 6.07) is 5.88. The average Bonchev–Trinajstić information content (AvgIpc) is 2.85. The second-order valence-electron chi connectivity index (χ2n) is 3.31. The molecule has 0 spiro atoms.